The van der Waals surface area contributed by atoms with E-state index in [-0.39, 0.29) is 35.4 Å². The van der Waals surface area contributed by atoms with Gasteiger partial charge in [-0.1, -0.05) is 0 Å². The number of aromatic nitrogens is 2. The molecule has 154 valence electrons. The van der Waals surface area contributed by atoms with Gasteiger partial charge in [0.05, 0.1) is 5.56 Å². The lowest BCUT2D eigenvalue weighted by Crippen LogP contribution is -2.29. The lowest BCUT2D eigenvalue weighted by molar-refractivity contribution is -0.114. The summed E-state index contributed by atoms with van der Waals surface area (Å²) in [5, 5.41) is 16.1. The molecule has 2 rings (SSSR count). The SMILES string of the molecule is CC(=O)Nc1cc(C(=O)NCc2c(C)cc(C)[nH]c2=O)c(C=N)c(NC(C)C)n1. The molecule has 0 aliphatic rings. The maximum Gasteiger partial charge on any atom is 0.253 e. The fourth-order valence-electron chi connectivity index (χ4n) is 2.88. The number of carbonyl (C=O) groups excluding carboxylic acids is 2. The van der Waals surface area contributed by atoms with E-state index in [1.165, 1.54) is 13.0 Å². The second-order valence-electron chi connectivity index (χ2n) is 7.07. The topological polar surface area (TPSA) is 140 Å². The number of carbonyl (C=O) groups is 2. The highest BCUT2D eigenvalue weighted by Gasteiger charge is 2.19. The van der Waals surface area contributed by atoms with E-state index in [1.54, 1.807) is 13.8 Å². The summed E-state index contributed by atoms with van der Waals surface area (Å²) in [6, 6.07) is 3.24. The monoisotopic (exact) mass is 398 g/mol. The van der Waals surface area contributed by atoms with Gasteiger partial charge in [-0.25, -0.2) is 4.98 Å². The summed E-state index contributed by atoms with van der Waals surface area (Å²) in [5.74, 6) is -0.302. The lowest BCUT2D eigenvalue weighted by Gasteiger charge is -2.17. The third-order valence-corrected chi connectivity index (χ3v) is 4.10. The van der Waals surface area contributed by atoms with Gasteiger partial charge in [0.1, 0.15) is 11.6 Å². The highest BCUT2D eigenvalue weighted by Crippen LogP contribution is 2.21. The van der Waals surface area contributed by atoms with Crippen LogP contribution in [0.1, 0.15) is 53.5 Å². The van der Waals surface area contributed by atoms with Crippen molar-refractivity contribution in [1.82, 2.24) is 15.3 Å². The summed E-state index contributed by atoms with van der Waals surface area (Å²) in [5.41, 5.74) is 2.17. The molecular formula is C20H26N6O3. The molecule has 0 spiro atoms. The number of aromatic amines is 1. The number of amides is 2. The first-order valence-corrected chi connectivity index (χ1v) is 9.19. The van der Waals surface area contributed by atoms with Crippen molar-refractivity contribution < 1.29 is 9.59 Å². The molecule has 2 aromatic heterocycles. The number of pyridine rings is 2. The second-order valence-corrected chi connectivity index (χ2v) is 7.07. The number of rotatable bonds is 7. The van der Waals surface area contributed by atoms with Gasteiger partial charge in [-0.3, -0.25) is 14.4 Å². The van der Waals surface area contributed by atoms with Gasteiger partial charge in [-0.05, 0) is 45.4 Å². The van der Waals surface area contributed by atoms with Crippen LogP contribution in [0, 0.1) is 19.3 Å². The molecule has 2 amide bonds. The van der Waals surface area contributed by atoms with Gasteiger partial charge in [0.2, 0.25) is 5.91 Å². The number of nitrogens with zero attached hydrogens (tertiary/aromatic N) is 1. The third-order valence-electron chi connectivity index (χ3n) is 4.10. The summed E-state index contributed by atoms with van der Waals surface area (Å²) >= 11 is 0. The smallest absolute Gasteiger partial charge is 0.253 e. The number of H-pyrrole nitrogens is 1. The highest BCUT2D eigenvalue weighted by molar-refractivity contribution is 6.05. The van der Waals surface area contributed by atoms with E-state index < -0.39 is 5.91 Å². The third kappa shape index (κ3) is 5.50. The average Bonchev–Trinajstić information content (AvgIpc) is 2.59. The fraction of sp³-hybridized carbons (Fsp3) is 0.350. The van der Waals surface area contributed by atoms with Gasteiger partial charge in [0, 0.05) is 42.5 Å². The van der Waals surface area contributed by atoms with Crippen LogP contribution in [-0.2, 0) is 11.3 Å². The minimum atomic E-state index is -0.483. The molecule has 2 heterocycles. The van der Waals surface area contributed by atoms with E-state index in [9.17, 15) is 14.4 Å². The molecule has 0 saturated heterocycles. The zero-order chi connectivity index (χ0) is 21.7. The number of anilines is 2. The van der Waals surface area contributed by atoms with Gasteiger partial charge in [-0.2, -0.15) is 0 Å². The number of aryl methyl sites for hydroxylation is 2. The molecule has 0 unspecified atom stereocenters. The van der Waals surface area contributed by atoms with Crippen LogP contribution in [0.5, 0.6) is 0 Å². The Kier molecular flexibility index (Phi) is 6.87. The van der Waals surface area contributed by atoms with E-state index in [4.69, 9.17) is 5.41 Å². The van der Waals surface area contributed by atoms with Crippen LogP contribution in [0.15, 0.2) is 16.9 Å². The molecule has 5 N–H and O–H groups in total. The minimum absolute atomic E-state index is 0.00143. The maximum atomic E-state index is 12.9. The van der Waals surface area contributed by atoms with Crippen molar-refractivity contribution in [1.29, 1.82) is 5.41 Å². The van der Waals surface area contributed by atoms with E-state index in [0.717, 1.165) is 17.5 Å². The molecular weight excluding hydrogens is 372 g/mol. The Morgan fingerprint density at radius 2 is 1.97 bits per heavy atom. The summed E-state index contributed by atoms with van der Waals surface area (Å²) in [6.07, 6.45) is 1.04. The van der Waals surface area contributed by atoms with Gasteiger partial charge in [0.25, 0.3) is 11.5 Å². The number of nitrogens with one attached hydrogen (secondary N) is 5. The molecule has 2 aromatic rings. The first-order chi connectivity index (χ1) is 13.6. The van der Waals surface area contributed by atoms with Crippen molar-refractivity contribution in [3.63, 3.8) is 0 Å². The Labute approximate surface area is 168 Å². The second kappa shape index (κ2) is 9.13. The molecule has 0 saturated carbocycles. The van der Waals surface area contributed by atoms with Gasteiger partial charge >= 0.3 is 0 Å². The van der Waals surface area contributed by atoms with Gasteiger partial charge < -0.3 is 26.3 Å². The maximum absolute atomic E-state index is 12.9. The molecule has 9 heteroatoms. The summed E-state index contributed by atoms with van der Waals surface area (Å²) in [6.45, 7) is 8.76. The molecule has 0 aromatic carbocycles. The quantitative estimate of drug-likeness (QED) is 0.454. The van der Waals surface area contributed by atoms with E-state index in [0.29, 0.717) is 16.9 Å². The van der Waals surface area contributed by atoms with Crippen LogP contribution in [-0.4, -0.2) is 34.0 Å². The molecule has 0 fully saturated rings. The number of hydrogen-bond donors (Lipinski definition) is 5. The first kappa shape index (κ1) is 21.8. The minimum Gasteiger partial charge on any atom is -0.367 e. The van der Waals surface area contributed by atoms with E-state index >= 15 is 0 Å². The van der Waals surface area contributed by atoms with Crippen LogP contribution in [0.25, 0.3) is 0 Å². The Bertz CT molecular complexity index is 1010. The average molecular weight is 398 g/mol. The largest absolute Gasteiger partial charge is 0.367 e. The molecule has 0 bridgehead atoms. The molecule has 0 radical (unpaired) electrons. The molecule has 9 nitrogen and oxygen atoms in total. The fourth-order valence-corrected chi connectivity index (χ4v) is 2.88. The highest BCUT2D eigenvalue weighted by atomic mass is 16.2. The van der Waals surface area contributed by atoms with Crippen LogP contribution >= 0.6 is 0 Å². The predicted octanol–water partition coefficient (Wildman–Crippen LogP) is 2.09. The van der Waals surface area contributed by atoms with Crippen molar-refractivity contribution in [3.8, 4) is 0 Å². The van der Waals surface area contributed by atoms with Crippen LogP contribution in [0.2, 0.25) is 0 Å². The molecule has 0 aliphatic heterocycles. The van der Waals surface area contributed by atoms with Crippen molar-refractivity contribution in [2.45, 2.75) is 47.2 Å². The zero-order valence-corrected chi connectivity index (χ0v) is 17.2. The summed E-state index contributed by atoms with van der Waals surface area (Å²) < 4.78 is 0. The van der Waals surface area contributed by atoms with Crippen molar-refractivity contribution >= 4 is 29.7 Å². The number of hydrogen-bond acceptors (Lipinski definition) is 6. The van der Waals surface area contributed by atoms with Crippen LogP contribution in [0.4, 0.5) is 11.6 Å². The van der Waals surface area contributed by atoms with E-state index in [2.05, 4.69) is 25.9 Å². The van der Waals surface area contributed by atoms with Gasteiger partial charge in [-0.15, -0.1) is 0 Å². The van der Waals surface area contributed by atoms with Crippen LogP contribution in [0.3, 0.4) is 0 Å². The van der Waals surface area contributed by atoms with Gasteiger partial charge in [0.15, 0.2) is 0 Å². The lowest BCUT2D eigenvalue weighted by atomic mass is 10.1. The summed E-state index contributed by atoms with van der Waals surface area (Å²) in [7, 11) is 0. The van der Waals surface area contributed by atoms with Crippen molar-refractivity contribution in [3.05, 3.63) is 50.4 Å². The molecule has 0 aliphatic carbocycles. The molecule has 0 atom stereocenters. The van der Waals surface area contributed by atoms with Crippen molar-refractivity contribution in [2.24, 2.45) is 0 Å². The molecule has 29 heavy (non-hydrogen) atoms. The Hall–Kier alpha value is -3.49. The Morgan fingerprint density at radius 3 is 2.52 bits per heavy atom. The zero-order valence-electron chi connectivity index (χ0n) is 17.2. The first-order valence-electron chi connectivity index (χ1n) is 9.19. The predicted molar refractivity (Wildman–Crippen MR) is 113 cm³/mol. The standard InChI is InChI=1S/C20H26N6O3/c1-10(2)23-18-15(8-21)14(7-17(26-18)25-13(5)27)19(28)22-9-16-11(3)6-12(4)24-20(16)29/h6-8,10,21H,9H2,1-5H3,(H,22,28)(H,24,29)(H2,23,25,26,27). The summed E-state index contributed by atoms with van der Waals surface area (Å²) in [4.78, 5) is 43.5. The van der Waals surface area contributed by atoms with Crippen LogP contribution < -0.4 is 21.5 Å². The Balaban J connectivity index is 2.40. The van der Waals surface area contributed by atoms with E-state index in [1.807, 2.05) is 19.9 Å². The van der Waals surface area contributed by atoms with Crippen molar-refractivity contribution in [2.75, 3.05) is 10.6 Å². The Morgan fingerprint density at radius 1 is 1.28 bits per heavy atom. The normalized spacial score (nSPS) is 10.6.